The summed E-state index contributed by atoms with van der Waals surface area (Å²) in [5.74, 6) is 1.71. The van der Waals surface area contributed by atoms with Gasteiger partial charge in [-0.15, -0.1) is 0 Å². The lowest BCUT2D eigenvalue weighted by molar-refractivity contribution is 0.621. The van der Waals surface area contributed by atoms with Gasteiger partial charge in [-0.1, -0.05) is 30.3 Å². The number of benzene rings is 1. The van der Waals surface area contributed by atoms with Crippen LogP contribution in [0.2, 0.25) is 0 Å². The van der Waals surface area contributed by atoms with Crippen molar-refractivity contribution in [1.82, 2.24) is 9.97 Å². The van der Waals surface area contributed by atoms with Crippen LogP contribution >= 0.6 is 0 Å². The van der Waals surface area contributed by atoms with Gasteiger partial charge in [0.1, 0.15) is 17.5 Å². The first-order chi connectivity index (χ1) is 14.5. The smallest absolute Gasteiger partial charge is 0.158 e. The first kappa shape index (κ1) is 19.9. The minimum atomic E-state index is -0.367. The van der Waals surface area contributed by atoms with Crippen molar-refractivity contribution in [2.24, 2.45) is 0 Å². The highest BCUT2D eigenvalue weighted by atomic mass is 19.1. The number of fused-ring (bicyclic) bond motifs is 1. The van der Waals surface area contributed by atoms with Crippen molar-refractivity contribution in [3.8, 4) is 11.3 Å². The Labute approximate surface area is 176 Å². The monoisotopic (exact) mass is 403 g/mol. The fourth-order valence-electron chi connectivity index (χ4n) is 3.68. The number of aryl methyl sites for hydroxylation is 1. The van der Waals surface area contributed by atoms with Gasteiger partial charge in [0.15, 0.2) is 5.82 Å². The lowest BCUT2D eigenvalue weighted by Gasteiger charge is -2.33. The van der Waals surface area contributed by atoms with Crippen LogP contribution in [0.25, 0.3) is 11.3 Å². The van der Waals surface area contributed by atoms with Gasteiger partial charge in [0.05, 0.1) is 17.6 Å². The van der Waals surface area contributed by atoms with Gasteiger partial charge >= 0.3 is 0 Å². The van der Waals surface area contributed by atoms with Gasteiger partial charge in [0.2, 0.25) is 0 Å². The number of rotatable bonds is 4. The molecule has 0 aliphatic carbocycles. The Bertz CT molecular complexity index is 1050. The van der Waals surface area contributed by atoms with E-state index >= 15 is 0 Å². The molecule has 30 heavy (non-hydrogen) atoms. The molecule has 1 aliphatic rings. The Kier molecular flexibility index (Phi) is 5.65. The molecule has 0 saturated heterocycles. The molecule has 1 N–H and O–H groups in total. The molecular formula is C24H26FN5. The predicted molar refractivity (Wildman–Crippen MR) is 121 cm³/mol. The van der Waals surface area contributed by atoms with Gasteiger partial charge in [-0.05, 0) is 50.1 Å². The molecule has 0 bridgehead atoms. The van der Waals surface area contributed by atoms with E-state index in [1.54, 1.807) is 6.07 Å². The molecule has 1 aromatic carbocycles. The molecule has 1 aliphatic heterocycles. The van der Waals surface area contributed by atoms with Crippen molar-refractivity contribution in [2.75, 3.05) is 35.3 Å². The van der Waals surface area contributed by atoms with E-state index < -0.39 is 0 Å². The summed E-state index contributed by atoms with van der Waals surface area (Å²) in [6.07, 6.45) is 3.28. The number of hydrogen-bond acceptors (Lipinski definition) is 5. The molecule has 0 unspecified atom stereocenters. The summed E-state index contributed by atoms with van der Waals surface area (Å²) < 4.78 is 13.2. The lowest BCUT2D eigenvalue weighted by atomic mass is 10.1. The highest BCUT2D eigenvalue weighted by molar-refractivity contribution is 5.75. The summed E-state index contributed by atoms with van der Waals surface area (Å²) >= 11 is 0. The van der Waals surface area contributed by atoms with Crippen LogP contribution in [0.4, 0.5) is 21.7 Å². The molecule has 3 aromatic rings. The van der Waals surface area contributed by atoms with Gasteiger partial charge in [-0.25, -0.2) is 14.4 Å². The van der Waals surface area contributed by atoms with E-state index in [1.807, 2.05) is 6.07 Å². The Morgan fingerprint density at radius 1 is 1.10 bits per heavy atom. The van der Waals surface area contributed by atoms with Crippen LogP contribution in [0.3, 0.4) is 0 Å². The molecule has 0 spiro atoms. The standard InChI is InChI=1S/C24H26FN5/c1-17-7-6-8-19(15-17)21-10-11-22-24(28-21)30(14-5-4-13-29(22)3)18(2)27-23-12-9-20(25)16-26-23/h6-12,15-16H,2,4-5,13-14H2,1,3H3,(H,26,27). The van der Waals surface area contributed by atoms with Gasteiger partial charge in [-0.2, -0.15) is 0 Å². The van der Waals surface area contributed by atoms with Gasteiger partial charge in [0, 0.05) is 25.7 Å². The van der Waals surface area contributed by atoms with E-state index in [0.29, 0.717) is 11.6 Å². The SMILES string of the molecule is C=C(Nc1ccc(F)cn1)N1CCCCN(C)c2ccc(-c3cccc(C)c3)nc21. The second-order valence-electron chi connectivity index (χ2n) is 7.62. The number of nitrogens with zero attached hydrogens (tertiary/aromatic N) is 4. The van der Waals surface area contributed by atoms with Crippen LogP contribution in [0.5, 0.6) is 0 Å². The third kappa shape index (κ3) is 4.27. The van der Waals surface area contributed by atoms with E-state index in [9.17, 15) is 4.39 Å². The van der Waals surface area contributed by atoms with Crippen molar-refractivity contribution in [3.63, 3.8) is 0 Å². The fourth-order valence-corrected chi connectivity index (χ4v) is 3.68. The van der Waals surface area contributed by atoms with Crippen LogP contribution in [0.1, 0.15) is 18.4 Å². The minimum Gasteiger partial charge on any atom is -0.372 e. The van der Waals surface area contributed by atoms with E-state index in [2.05, 4.69) is 71.0 Å². The molecule has 3 heterocycles. The van der Waals surface area contributed by atoms with Crippen LogP contribution < -0.4 is 15.1 Å². The second-order valence-corrected chi connectivity index (χ2v) is 7.62. The maximum Gasteiger partial charge on any atom is 0.158 e. The van der Waals surface area contributed by atoms with Gasteiger partial charge < -0.3 is 15.1 Å². The zero-order valence-electron chi connectivity index (χ0n) is 17.4. The quantitative estimate of drug-likeness (QED) is 0.648. The Hall–Kier alpha value is -3.41. The molecule has 6 heteroatoms. The molecule has 5 nitrogen and oxygen atoms in total. The lowest BCUT2D eigenvalue weighted by Crippen LogP contribution is -2.33. The molecular weight excluding hydrogens is 377 g/mol. The molecule has 154 valence electrons. The summed E-state index contributed by atoms with van der Waals surface area (Å²) in [4.78, 5) is 13.5. The molecule has 0 saturated carbocycles. The van der Waals surface area contributed by atoms with Crippen LogP contribution in [0, 0.1) is 12.7 Å². The third-order valence-electron chi connectivity index (χ3n) is 5.29. The maximum absolute atomic E-state index is 13.2. The summed E-state index contributed by atoms with van der Waals surface area (Å²) in [7, 11) is 2.09. The van der Waals surface area contributed by atoms with E-state index in [1.165, 1.54) is 17.8 Å². The Balaban J connectivity index is 1.72. The summed E-state index contributed by atoms with van der Waals surface area (Å²) in [5, 5.41) is 3.21. The normalized spacial score (nSPS) is 14.0. The molecule has 0 amide bonds. The number of pyridine rings is 2. The van der Waals surface area contributed by atoms with Crippen LogP contribution in [0.15, 0.2) is 67.1 Å². The first-order valence-corrected chi connectivity index (χ1v) is 10.2. The molecule has 0 fully saturated rings. The summed E-state index contributed by atoms with van der Waals surface area (Å²) in [6.45, 7) is 8.08. The fraction of sp³-hybridized carbons (Fsp3) is 0.250. The van der Waals surface area contributed by atoms with E-state index in [-0.39, 0.29) is 5.82 Å². The highest BCUT2D eigenvalue weighted by Gasteiger charge is 2.22. The first-order valence-electron chi connectivity index (χ1n) is 10.2. The van der Waals surface area contributed by atoms with E-state index in [4.69, 9.17) is 4.98 Å². The summed E-state index contributed by atoms with van der Waals surface area (Å²) in [5.41, 5.74) is 4.26. The average molecular weight is 404 g/mol. The largest absolute Gasteiger partial charge is 0.372 e. The third-order valence-corrected chi connectivity index (χ3v) is 5.29. The van der Waals surface area contributed by atoms with Crippen LogP contribution in [-0.4, -0.2) is 30.1 Å². The van der Waals surface area contributed by atoms with Crippen molar-refractivity contribution < 1.29 is 4.39 Å². The Morgan fingerprint density at radius 2 is 1.93 bits per heavy atom. The van der Waals surface area contributed by atoms with Gasteiger partial charge in [0.25, 0.3) is 0 Å². The summed E-state index contributed by atoms with van der Waals surface area (Å²) in [6, 6.07) is 15.5. The highest BCUT2D eigenvalue weighted by Crippen LogP contribution is 2.34. The van der Waals surface area contributed by atoms with Crippen molar-refractivity contribution in [3.05, 3.63) is 78.5 Å². The zero-order chi connectivity index (χ0) is 21.1. The Morgan fingerprint density at radius 3 is 2.70 bits per heavy atom. The number of aromatic nitrogens is 2. The van der Waals surface area contributed by atoms with Gasteiger partial charge in [-0.3, -0.25) is 0 Å². The second kappa shape index (κ2) is 8.53. The predicted octanol–water partition coefficient (Wildman–Crippen LogP) is 5.21. The van der Waals surface area contributed by atoms with E-state index in [0.717, 1.165) is 48.7 Å². The minimum absolute atomic E-state index is 0.367. The molecule has 0 atom stereocenters. The number of hydrogen-bond donors (Lipinski definition) is 1. The van der Waals surface area contributed by atoms with Crippen molar-refractivity contribution >= 4 is 17.3 Å². The average Bonchev–Trinajstić information content (AvgIpc) is 2.73. The maximum atomic E-state index is 13.2. The van der Waals surface area contributed by atoms with Crippen molar-refractivity contribution in [2.45, 2.75) is 19.8 Å². The molecule has 4 rings (SSSR count). The molecule has 0 radical (unpaired) electrons. The number of nitrogens with one attached hydrogen (secondary N) is 1. The van der Waals surface area contributed by atoms with Crippen LogP contribution in [-0.2, 0) is 0 Å². The topological polar surface area (TPSA) is 44.3 Å². The van der Waals surface area contributed by atoms with Crippen molar-refractivity contribution in [1.29, 1.82) is 0 Å². The number of halogens is 1. The number of anilines is 3. The molecule has 2 aromatic heterocycles. The zero-order valence-corrected chi connectivity index (χ0v) is 17.4.